The van der Waals surface area contributed by atoms with Crippen LogP contribution in [0.25, 0.3) is 0 Å². The topological polar surface area (TPSA) is 43.1 Å². The maximum absolute atomic E-state index is 10.1. The van der Waals surface area contributed by atoms with Gasteiger partial charge in [-0.15, -0.1) is 0 Å². The van der Waals surface area contributed by atoms with Crippen molar-refractivity contribution in [1.29, 1.82) is 0 Å². The summed E-state index contributed by atoms with van der Waals surface area (Å²) in [6.45, 7) is 0. The van der Waals surface area contributed by atoms with Crippen LogP contribution in [0.4, 0.5) is 0 Å². The Morgan fingerprint density at radius 3 is 2.25 bits per heavy atom. The molecule has 0 unspecified atom stereocenters. The van der Waals surface area contributed by atoms with Gasteiger partial charge < -0.3 is 0 Å². The molecule has 3 heteroatoms. The monoisotopic (exact) mass is 177 g/mol. The summed E-state index contributed by atoms with van der Waals surface area (Å²) in [7, 11) is 0. The molecule has 2 N–H and O–H groups in total. The Bertz CT molecular complexity index is 82.5. The number of amides is 1. The van der Waals surface area contributed by atoms with Crippen LogP contribution in [0.3, 0.4) is 0 Å². The first-order valence-electron chi connectivity index (χ1n) is 2.56. The first kappa shape index (κ1) is 8.03. The van der Waals surface area contributed by atoms with Crippen LogP contribution in [0.15, 0.2) is 0 Å². The number of primary amides is 1. The molecule has 0 fully saturated rings. The molecule has 0 saturated carbocycles. The van der Waals surface area contributed by atoms with E-state index in [0.29, 0.717) is 6.42 Å². The summed E-state index contributed by atoms with van der Waals surface area (Å²) in [5, 5.41) is 1.06. The average Bonchev–Trinajstić information content (AvgIpc) is 1.61. The minimum absolute atomic E-state index is 0.159. The molecule has 0 aliphatic heterocycles. The Balaban J connectivity index is 3.05. The predicted octanol–water partition coefficient (Wildman–Crippen LogP) is 0.616. The molecule has 0 spiro atoms. The zero-order valence-electron chi connectivity index (χ0n) is 5.35. The second kappa shape index (κ2) is 3.96. The molecule has 0 aliphatic carbocycles. The van der Waals surface area contributed by atoms with Gasteiger partial charge in [-0.1, -0.05) is 0 Å². The zero-order chi connectivity index (χ0) is 6.57. The van der Waals surface area contributed by atoms with Crippen molar-refractivity contribution < 1.29 is 4.79 Å². The number of nitrogens with two attached hydrogens (primary N) is 1. The summed E-state index contributed by atoms with van der Waals surface area (Å²) in [5.41, 5.74) is 9.36. The van der Waals surface area contributed by atoms with Crippen molar-refractivity contribution in [2.24, 2.45) is 5.73 Å². The SMILES string of the molecule is C[As](C)CCC(N)=O. The van der Waals surface area contributed by atoms with Crippen LogP contribution < -0.4 is 5.73 Å². The molecule has 0 aromatic carbocycles. The average molecular weight is 177 g/mol. The third-order valence-electron chi connectivity index (χ3n) is 0.805. The summed E-state index contributed by atoms with van der Waals surface area (Å²) >= 11 is -0.583. The van der Waals surface area contributed by atoms with Crippen LogP contribution in [0.1, 0.15) is 6.42 Å². The van der Waals surface area contributed by atoms with E-state index in [1.54, 1.807) is 0 Å². The van der Waals surface area contributed by atoms with Gasteiger partial charge in [0.15, 0.2) is 0 Å². The molecule has 0 rings (SSSR count). The molecule has 0 atom stereocenters. The first-order chi connectivity index (χ1) is 3.63. The van der Waals surface area contributed by atoms with Gasteiger partial charge in [0.2, 0.25) is 0 Å². The second-order valence-corrected chi connectivity index (χ2v) is 7.49. The number of hydrogen-bond acceptors (Lipinski definition) is 1. The maximum atomic E-state index is 10.1. The van der Waals surface area contributed by atoms with Gasteiger partial charge in [0.25, 0.3) is 0 Å². The standard InChI is InChI=1S/C5H12AsNO/c1-6(2)4-3-5(7)8/h3-4H2,1-2H3,(H2,7,8). The summed E-state index contributed by atoms with van der Waals surface area (Å²) in [6, 6.07) is 0. The van der Waals surface area contributed by atoms with E-state index in [1.807, 2.05) is 0 Å². The fourth-order valence-electron chi connectivity index (χ4n) is 0.334. The van der Waals surface area contributed by atoms with Crippen molar-refractivity contribution in [3.63, 3.8) is 0 Å². The van der Waals surface area contributed by atoms with Gasteiger partial charge in [-0.2, -0.15) is 0 Å². The van der Waals surface area contributed by atoms with Gasteiger partial charge in [-0.25, -0.2) is 0 Å². The number of carbonyl (C=O) groups is 1. The van der Waals surface area contributed by atoms with Crippen molar-refractivity contribution >= 4 is 20.6 Å². The van der Waals surface area contributed by atoms with Crippen molar-refractivity contribution in [3.8, 4) is 0 Å². The van der Waals surface area contributed by atoms with Crippen LogP contribution in [0, 0.1) is 0 Å². The minimum atomic E-state index is -0.583. The van der Waals surface area contributed by atoms with Crippen LogP contribution in [0.5, 0.6) is 0 Å². The van der Waals surface area contributed by atoms with Gasteiger partial charge in [0.1, 0.15) is 0 Å². The van der Waals surface area contributed by atoms with E-state index in [1.165, 1.54) is 0 Å². The summed E-state index contributed by atoms with van der Waals surface area (Å²) < 4.78 is 0. The molecule has 0 aliphatic rings. The quantitative estimate of drug-likeness (QED) is 0.630. The van der Waals surface area contributed by atoms with Gasteiger partial charge in [0, 0.05) is 0 Å². The zero-order valence-corrected chi connectivity index (χ0v) is 7.22. The first-order valence-corrected chi connectivity index (χ1v) is 7.64. The molecule has 48 valence electrons. The molecular weight excluding hydrogens is 165 g/mol. The van der Waals surface area contributed by atoms with Gasteiger partial charge in [-0.05, 0) is 0 Å². The van der Waals surface area contributed by atoms with Gasteiger partial charge in [0.05, 0.1) is 0 Å². The Morgan fingerprint density at radius 2 is 2.12 bits per heavy atom. The second-order valence-electron chi connectivity index (χ2n) is 2.02. The molecule has 0 heterocycles. The molecule has 0 bridgehead atoms. The Morgan fingerprint density at radius 1 is 1.62 bits per heavy atom. The Hall–Kier alpha value is 0.0284. The number of rotatable bonds is 3. The summed E-state index contributed by atoms with van der Waals surface area (Å²) in [5.74, 6) is -0.159. The van der Waals surface area contributed by atoms with Gasteiger partial charge >= 0.3 is 54.1 Å². The molecule has 1 amide bonds. The van der Waals surface area contributed by atoms with Crippen molar-refractivity contribution in [2.45, 2.75) is 23.1 Å². The van der Waals surface area contributed by atoms with E-state index >= 15 is 0 Å². The molecule has 0 saturated heterocycles. The fourth-order valence-corrected chi connectivity index (χ4v) is 1.73. The van der Waals surface area contributed by atoms with Crippen molar-refractivity contribution in [1.82, 2.24) is 0 Å². The Kier molecular flexibility index (Phi) is 3.98. The van der Waals surface area contributed by atoms with Gasteiger partial charge in [-0.3, -0.25) is 0 Å². The third-order valence-corrected chi connectivity index (χ3v) is 3.15. The van der Waals surface area contributed by atoms with Crippen LogP contribution in [-0.2, 0) is 4.79 Å². The fraction of sp³-hybridized carbons (Fsp3) is 0.800. The third kappa shape index (κ3) is 6.03. The Labute approximate surface area is 54.7 Å². The molecule has 8 heavy (non-hydrogen) atoms. The molecule has 2 nitrogen and oxygen atoms in total. The number of carbonyl (C=O) groups excluding carboxylic acids is 1. The van der Waals surface area contributed by atoms with Crippen LogP contribution in [-0.4, -0.2) is 20.6 Å². The molecular formula is C5H12AsNO. The molecule has 0 aromatic rings. The molecule has 0 radical (unpaired) electrons. The van der Waals surface area contributed by atoms with E-state index in [9.17, 15) is 4.79 Å². The molecule has 0 aromatic heterocycles. The van der Waals surface area contributed by atoms with E-state index < -0.39 is 14.7 Å². The number of hydrogen-bond donors (Lipinski definition) is 1. The normalized spacial score (nSPS) is 9.88. The van der Waals surface area contributed by atoms with Crippen molar-refractivity contribution in [3.05, 3.63) is 0 Å². The van der Waals surface area contributed by atoms with E-state index in [-0.39, 0.29) is 5.91 Å². The van der Waals surface area contributed by atoms with Crippen LogP contribution >= 0.6 is 0 Å². The van der Waals surface area contributed by atoms with Crippen LogP contribution in [0.2, 0.25) is 16.6 Å². The predicted molar refractivity (Wildman–Crippen MR) is 36.1 cm³/mol. The summed E-state index contributed by atoms with van der Waals surface area (Å²) in [4.78, 5) is 10.1. The summed E-state index contributed by atoms with van der Waals surface area (Å²) in [6.07, 6.45) is 0.590. The van der Waals surface area contributed by atoms with E-state index in [2.05, 4.69) is 11.4 Å². The van der Waals surface area contributed by atoms with E-state index in [4.69, 9.17) is 5.73 Å². The van der Waals surface area contributed by atoms with E-state index in [0.717, 1.165) is 5.21 Å². The van der Waals surface area contributed by atoms with Crippen molar-refractivity contribution in [2.75, 3.05) is 0 Å².